The van der Waals surface area contributed by atoms with Gasteiger partial charge in [-0.15, -0.1) is 0 Å². The van der Waals surface area contributed by atoms with Crippen LogP contribution in [0.15, 0.2) is 72.3 Å². The maximum Gasteiger partial charge on any atom is 0.337 e. The van der Waals surface area contributed by atoms with Crippen LogP contribution in [0.3, 0.4) is 0 Å². The van der Waals surface area contributed by atoms with Crippen LogP contribution in [-0.4, -0.2) is 48.5 Å². The third-order valence-electron chi connectivity index (χ3n) is 6.66. The van der Waals surface area contributed by atoms with Crippen LogP contribution < -0.4 is 9.47 Å². The van der Waals surface area contributed by atoms with Crippen molar-refractivity contribution in [2.45, 2.75) is 19.0 Å². The fraction of sp³-hybridized carbons (Fsp3) is 0.207. The van der Waals surface area contributed by atoms with Gasteiger partial charge < -0.3 is 24.2 Å². The van der Waals surface area contributed by atoms with Gasteiger partial charge in [-0.25, -0.2) is 4.79 Å². The second kappa shape index (κ2) is 9.81. The van der Waals surface area contributed by atoms with E-state index in [9.17, 15) is 19.5 Å². The Bertz CT molecular complexity index is 1410. The van der Waals surface area contributed by atoms with E-state index in [-0.39, 0.29) is 17.9 Å². The number of hydrogen-bond donors (Lipinski definition) is 1. The molecule has 2 aliphatic rings. The zero-order chi connectivity index (χ0) is 26.1. The van der Waals surface area contributed by atoms with Crippen LogP contribution in [0.2, 0.25) is 0 Å². The number of Topliss-reactive ketones (excluding diaryl/α,β-unsaturated/α-hetero) is 1. The first-order chi connectivity index (χ1) is 17.9. The first-order valence-corrected chi connectivity index (χ1v) is 11.8. The van der Waals surface area contributed by atoms with E-state index in [1.54, 1.807) is 73.8 Å². The van der Waals surface area contributed by atoms with Crippen LogP contribution in [0.4, 0.5) is 0 Å². The standard InChI is InChI=1S/C29H25NO7/c1-35-22-10-7-18(8-11-22)25-24(26(31)21-9-12-23-20(15-21)13-14-37-23)27(32)28(33)30(25)16-17-3-5-19(6-4-17)29(34)36-2/h3-12,15,25,31H,13-14,16H2,1-2H3/b26-24-. The zero-order valence-corrected chi connectivity index (χ0v) is 20.4. The molecular weight excluding hydrogens is 474 g/mol. The molecule has 188 valence electrons. The first-order valence-electron chi connectivity index (χ1n) is 11.8. The number of methoxy groups -OCH3 is 2. The van der Waals surface area contributed by atoms with Gasteiger partial charge in [0.25, 0.3) is 11.7 Å². The lowest BCUT2D eigenvalue weighted by atomic mass is 9.94. The fourth-order valence-electron chi connectivity index (χ4n) is 4.73. The number of likely N-dealkylation sites (tertiary alicyclic amines) is 1. The minimum absolute atomic E-state index is 0.0141. The van der Waals surface area contributed by atoms with E-state index in [4.69, 9.17) is 14.2 Å². The second-order valence-electron chi connectivity index (χ2n) is 8.81. The number of aliphatic hydroxyl groups excluding tert-OH is 1. The lowest BCUT2D eigenvalue weighted by molar-refractivity contribution is -0.140. The van der Waals surface area contributed by atoms with E-state index in [1.807, 2.05) is 0 Å². The highest BCUT2D eigenvalue weighted by Gasteiger charge is 2.46. The molecule has 1 atom stereocenters. The Labute approximate surface area is 213 Å². The summed E-state index contributed by atoms with van der Waals surface area (Å²) in [6.45, 7) is 0.655. The first kappa shape index (κ1) is 24.1. The van der Waals surface area contributed by atoms with E-state index in [0.717, 1.165) is 11.3 Å². The quantitative estimate of drug-likeness (QED) is 0.236. The van der Waals surface area contributed by atoms with E-state index in [0.29, 0.717) is 41.0 Å². The molecule has 0 bridgehead atoms. The summed E-state index contributed by atoms with van der Waals surface area (Å²) in [5.41, 5.74) is 3.13. The van der Waals surface area contributed by atoms with Crippen molar-refractivity contribution in [2.75, 3.05) is 20.8 Å². The van der Waals surface area contributed by atoms with Crippen molar-refractivity contribution in [1.29, 1.82) is 0 Å². The van der Waals surface area contributed by atoms with Crippen molar-refractivity contribution in [1.82, 2.24) is 4.90 Å². The Morgan fingerprint density at radius 3 is 2.38 bits per heavy atom. The number of nitrogens with zero attached hydrogens (tertiary/aromatic N) is 1. The summed E-state index contributed by atoms with van der Waals surface area (Å²) in [6.07, 6.45) is 0.703. The molecule has 0 aromatic heterocycles. The number of fused-ring (bicyclic) bond motifs is 1. The topological polar surface area (TPSA) is 102 Å². The van der Waals surface area contributed by atoms with Crippen molar-refractivity contribution in [3.63, 3.8) is 0 Å². The molecule has 0 saturated carbocycles. The van der Waals surface area contributed by atoms with Gasteiger partial charge in [0.15, 0.2) is 0 Å². The van der Waals surface area contributed by atoms with Gasteiger partial charge in [-0.1, -0.05) is 24.3 Å². The maximum atomic E-state index is 13.3. The molecule has 1 saturated heterocycles. The molecular formula is C29H25NO7. The van der Waals surface area contributed by atoms with Crippen LogP contribution in [0.1, 0.15) is 38.7 Å². The number of rotatable bonds is 6. The van der Waals surface area contributed by atoms with Crippen molar-refractivity contribution in [3.8, 4) is 11.5 Å². The van der Waals surface area contributed by atoms with E-state index in [1.165, 1.54) is 12.0 Å². The summed E-state index contributed by atoms with van der Waals surface area (Å²) in [7, 11) is 2.86. The number of benzene rings is 3. The number of hydrogen-bond acceptors (Lipinski definition) is 7. The Hall–Kier alpha value is -4.59. The van der Waals surface area contributed by atoms with Crippen LogP contribution in [0.25, 0.3) is 5.76 Å². The molecule has 8 heteroatoms. The SMILES string of the molecule is COC(=O)c1ccc(CN2C(=O)C(=O)/C(=C(\O)c3ccc4c(c3)CCO4)C2c2ccc(OC)cc2)cc1. The number of carbonyl (C=O) groups excluding carboxylic acids is 3. The van der Waals surface area contributed by atoms with Gasteiger partial charge in [-0.3, -0.25) is 9.59 Å². The molecule has 3 aromatic carbocycles. The third-order valence-corrected chi connectivity index (χ3v) is 6.66. The van der Waals surface area contributed by atoms with E-state index in [2.05, 4.69) is 0 Å². The molecule has 1 fully saturated rings. The molecule has 1 amide bonds. The van der Waals surface area contributed by atoms with E-state index < -0.39 is 23.7 Å². The van der Waals surface area contributed by atoms with Gasteiger partial charge in [0, 0.05) is 18.5 Å². The largest absolute Gasteiger partial charge is 0.507 e. The van der Waals surface area contributed by atoms with Gasteiger partial charge in [0.05, 0.1) is 38.0 Å². The number of carbonyl (C=O) groups is 3. The average Bonchev–Trinajstić information content (AvgIpc) is 3.50. The van der Waals surface area contributed by atoms with Gasteiger partial charge in [-0.05, 0) is 59.2 Å². The maximum absolute atomic E-state index is 13.3. The minimum Gasteiger partial charge on any atom is -0.507 e. The number of ether oxygens (including phenoxy) is 3. The number of amides is 1. The zero-order valence-electron chi connectivity index (χ0n) is 20.4. The van der Waals surface area contributed by atoms with Crippen molar-refractivity contribution in [3.05, 3.63) is 100 Å². The van der Waals surface area contributed by atoms with Gasteiger partial charge in [-0.2, -0.15) is 0 Å². The molecule has 5 rings (SSSR count). The Morgan fingerprint density at radius 2 is 1.70 bits per heavy atom. The normalized spacial score (nSPS) is 17.9. The highest BCUT2D eigenvalue weighted by atomic mass is 16.5. The van der Waals surface area contributed by atoms with Gasteiger partial charge in [0.1, 0.15) is 17.3 Å². The molecule has 3 aromatic rings. The smallest absolute Gasteiger partial charge is 0.337 e. The lowest BCUT2D eigenvalue weighted by Gasteiger charge is -2.25. The molecule has 2 heterocycles. The minimum atomic E-state index is -0.823. The Morgan fingerprint density at radius 1 is 1.00 bits per heavy atom. The van der Waals surface area contributed by atoms with Crippen LogP contribution >= 0.6 is 0 Å². The predicted molar refractivity (Wildman–Crippen MR) is 134 cm³/mol. The highest BCUT2D eigenvalue weighted by molar-refractivity contribution is 6.46. The lowest BCUT2D eigenvalue weighted by Crippen LogP contribution is -2.29. The van der Waals surface area contributed by atoms with Crippen LogP contribution in [-0.2, 0) is 27.3 Å². The van der Waals surface area contributed by atoms with Gasteiger partial charge in [0.2, 0.25) is 0 Å². The van der Waals surface area contributed by atoms with Crippen LogP contribution in [0, 0.1) is 0 Å². The number of aliphatic hydroxyl groups is 1. The monoisotopic (exact) mass is 499 g/mol. The van der Waals surface area contributed by atoms with Crippen molar-refractivity contribution >= 4 is 23.4 Å². The molecule has 37 heavy (non-hydrogen) atoms. The van der Waals surface area contributed by atoms with Crippen LogP contribution in [0.5, 0.6) is 11.5 Å². The highest BCUT2D eigenvalue weighted by Crippen LogP contribution is 2.41. The Balaban J connectivity index is 1.57. The number of esters is 1. The molecule has 1 N–H and O–H groups in total. The third kappa shape index (κ3) is 4.42. The second-order valence-corrected chi connectivity index (χ2v) is 8.81. The summed E-state index contributed by atoms with van der Waals surface area (Å²) in [5, 5.41) is 11.3. The fourth-order valence-corrected chi connectivity index (χ4v) is 4.73. The van der Waals surface area contributed by atoms with Crippen molar-refractivity contribution in [2.24, 2.45) is 0 Å². The molecule has 2 aliphatic heterocycles. The van der Waals surface area contributed by atoms with E-state index >= 15 is 0 Å². The molecule has 1 unspecified atom stereocenters. The Kier molecular flexibility index (Phi) is 6.40. The molecule has 0 aliphatic carbocycles. The van der Waals surface area contributed by atoms with Gasteiger partial charge >= 0.3 is 5.97 Å². The average molecular weight is 500 g/mol. The molecule has 8 nitrogen and oxygen atoms in total. The summed E-state index contributed by atoms with van der Waals surface area (Å²) in [4.78, 5) is 39.8. The molecule has 0 spiro atoms. The summed E-state index contributed by atoms with van der Waals surface area (Å²) >= 11 is 0. The number of ketones is 1. The summed E-state index contributed by atoms with van der Waals surface area (Å²) in [6, 6.07) is 18.1. The summed E-state index contributed by atoms with van der Waals surface area (Å²) < 4.78 is 15.6. The summed E-state index contributed by atoms with van der Waals surface area (Å²) in [5.74, 6) is -0.815. The predicted octanol–water partition coefficient (Wildman–Crippen LogP) is 4.04. The molecule has 0 radical (unpaired) electrons. The van der Waals surface area contributed by atoms with Crippen molar-refractivity contribution < 1.29 is 33.7 Å².